The molecule has 1 aromatic rings. The molecule has 1 saturated heterocycles. The van der Waals surface area contributed by atoms with Gasteiger partial charge in [-0.25, -0.2) is 0 Å². The Morgan fingerprint density at radius 2 is 2.22 bits per heavy atom. The molecule has 0 amide bonds. The molecule has 1 aliphatic heterocycles. The molecular formula is C15H23NOS. The van der Waals surface area contributed by atoms with Gasteiger partial charge in [-0.3, -0.25) is 0 Å². The van der Waals surface area contributed by atoms with Crippen molar-refractivity contribution in [1.82, 2.24) is 5.32 Å². The van der Waals surface area contributed by atoms with E-state index in [1.54, 1.807) is 0 Å². The molecule has 0 aliphatic carbocycles. The van der Waals surface area contributed by atoms with Crippen LogP contribution in [0.3, 0.4) is 0 Å². The van der Waals surface area contributed by atoms with Crippen LogP contribution < -0.4 is 5.32 Å². The lowest BCUT2D eigenvalue weighted by molar-refractivity contribution is 0.0472. The van der Waals surface area contributed by atoms with Crippen molar-refractivity contribution in [3.63, 3.8) is 0 Å². The quantitative estimate of drug-likeness (QED) is 0.854. The van der Waals surface area contributed by atoms with Crippen molar-refractivity contribution >= 4 is 11.8 Å². The Hall–Kier alpha value is -0.510. The van der Waals surface area contributed by atoms with Crippen molar-refractivity contribution in [3.05, 3.63) is 35.9 Å². The van der Waals surface area contributed by atoms with Crippen LogP contribution in [0, 0.1) is 0 Å². The molecule has 0 bridgehead atoms. The smallest absolute Gasteiger partial charge is 0.0821 e. The summed E-state index contributed by atoms with van der Waals surface area (Å²) in [6, 6.07) is 11.2. The van der Waals surface area contributed by atoms with Crippen LogP contribution in [0.25, 0.3) is 0 Å². The third kappa shape index (κ3) is 4.30. The van der Waals surface area contributed by atoms with Gasteiger partial charge in [0.1, 0.15) is 0 Å². The highest BCUT2D eigenvalue weighted by atomic mass is 32.2. The van der Waals surface area contributed by atoms with Gasteiger partial charge in [0.2, 0.25) is 0 Å². The topological polar surface area (TPSA) is 21.3 Å². The van der Waals surface area contributed by atoms with Gasteiger partial charge in [-0.2, -0.15) is 11.8 Å². The molecule has 100 valence electrons. The summed E-state index contributed by atoms with van der Waals surface area (Å²) in [7, 11) is 0. The Bertz CT molecular complexity index is 325. The number of thioether (sulfide) groups is 1. The van der Waals surface area contributed by atoms with Gasteiger partial charge in [-0.1, -0.05) is 37.3 Å². The second-order valence-corrected chi connectivity index (χ2v) is 5.88. The summed E-state index contributed by atoms with van der Waals surface area (Å²) in [6.07, 6.45) is 2.59. The van der Waals surface area contributed by atoms with Crippen LogP contribution in [0.2, 0.25) is 0 Å². The molecule has 0 saturated carbocycles. The van der Waals surface area contributed by atoms with Gasteiger partial charge in [0.25, 0.3) is 0 Å². The first-order chi connectivity index (χ1) is 8.90. The van der Waals surface area contributed by atoms with Crippen LogP contribution in [0.5, 0.6) is 0 Å². The fourth-order valence-electron chi connectivity index (χ4n) is 2.27. The van der Waals surface area contributed by atoms with Gasteiger partial charge in [0.15, 0.2) is 0 Å². The fraction of sp³-hybridized carbons (Fsp3) is 0.600. The van der Waals surface area contributed by atoms with Crippen LogP contribution in [-0.4, -0.2) is 36.8 Å². The first kappa shape index (κ1) is 13.9. The van der Waals surface area contributed by atoms with Gasteiger partial charge in [0, 0.05) is 17.5 Å². The SMILES string of the molecule is CCCNC(Cc1ccccc1)C1CSCCO1. The normalized spacial score (nSPS) is 21.7. The lowest BCUT2D eigenvalue weighted by Crippen LogP contribution is -2.46. The minimum Gasteiger partial charge on any atom is -0.375 e. The predicted molar refractivity (Wildman–Crippen MR) is 79.3 cm³/mol. The summed E-state index contributed by atoms with van der Waals surface area (Å²) in [6.45, 7) is 4.18. The molecule has 1 aromatic carbocycles. The summed E-state index contributed by atoms with van der Waals surface area (Å²) in [5, 5.41) is 3.65. The van der Waals surface area contributed by atoms with Crippen molar-refractivity contribution in [2.45, 2.75) is 31.9 Å². The van der Waals surface area contributed by atoms with E-state index in [2.05, 4.69) is 42.6 Å². The minimum absolute atomic E-state index is 0.357. The Morgan fingerprint density at radius 3 is 2.89 bits per heavy atom. The van der Waals surface area contributed by atoms with Crippen molar-refractivity contribution in [1.29, 1.82) is 0 Å². The summed E-state index contributed by atoms with van der Waals surface area (Å²) in [5.41, 5.74) is 1.39. The number of hydrogen-bond acceptors (Lipinski definition) is 3. The number of ether oxygens (including phenoxy) is 1. The van der Waals surface area contributed by atoms with Crippen molar-refractivity contribution in [3.8, 4) is 0 Å². The zero-order valence-corrected chi connectivity index (χ0v) is 11.9. The average molecular weight is 265 g/mol. The molecule has 2 unspecified atom stereocenters. The van der Waals surface area contributed by atoms with E-state index in [0.717, 1.165) is 31.1 Å². The zero-order chi connectivity index (χ0) is 12.6. The maximum absolute atomic E-state index is 5.93. The van der Waals surface area contributed by atoms with E-state index in [4.69, 9.17) is 4.74 Å². The van der Waals surface area contributed by atoms with Crippen LogP contribution in [-0.2, 0) is 11.2 Å². The van der Waals surface area contributed by atoms with Gasteiger partial charge >= 0.3 is 0 Å². The second kappa shape index (κ2) is 7.82. The highest BCUT2D eigenvalue weighted by Gasteiger charge is 2.24. The molecular weight excluding hydrogens is 242 g/mol. The van der Waals surface area contributed by atoms with E-state index in [9.17, 15) is 0 Å². The molecule has 1 heterocycles. The Morgan fingerprint density at radius 1 is 1.39 bits per heavy atom. The van der Waals surface area contributed by atoms with E-state index in [1.807, 2.05) is 11.8 Å². The number of hydrogen-bond donors (Lipinski definition) is 1. The van der Waals surface area contributed by atoms with E-state index < -0.39 is 0 Å². The van der Waals surface area contributed by atoms with Crippen molar-refractivity contribution < 1.29 is 4.74 Å². The lowest BCUT2D eigenvalue weighted by Gasteiger charge is -2.31. The third-order valence-electron chi connectivity index (χ3n) is 3.25. The molecule has 2 nitrogen and oxygen atoms in total. The largest absolute Gasteiger partial charge is 0.375 e. The van der Waals surface area contributed by atoms with E-state index in [0.29, 0.717) is 12.1 Å². The minimum atomic E-state index is 0.357. The molecule has 0 radical (unpaired) electrons. The predicted octanol–water partition coefficient (Wildman–Crippen LogP) is 2.73. The average Bonchev–Trinajstić information content (AvgIpc) is 2.45. The molecule has 0 spiro atoms. The molecule has 1 aliphatic rings. The first-order valence-corrected chi connectivity index (χ1v) is 8.02. The second-order valence-electron chi connectivity index (χ2n) is 4.73. The van der Waals surface area contributed by atoms with Crippen LogP contribution >= 0.6 is 11.8 Å². The zero-order valence-electron chi connectivity index (χ0n) is 11.1. The maximum Gasteiger partial charge on any atom is 0.0821 e. The third-order valence-corrected chi connectivity index (χ3v) is 4.27. The van der Waals surface area contributed by atoms with Crippen LogP contribution in [0.15, 0.2) is 30.3 Å². The highest BCUT2D eigenvalue weighted by Crippen LogP contribution is 2.18. The van der Waals surface area contributed by atoms with Gasteiger partial charge in [-0.15, -0.1) is 0 Å². The molecule has 3 heteroatoms. The molecule has 1 fully saturated rings. The van der Waals surface area contributed by atoms with Crippen molar-refractivity contribution in [2.24, 2.45) is 0 Å². The van der Waals surface area contributed by atoms with Gasteiger partial charge in [0.05, 0.1) is 12.7 Å². The highest BCUT2D eigenvalue weighted by molar-refractivity contribution is 7.99. The van der Waals surface area contributed by atoms with Crippen LogP contribution in [0.4, 0.5) is 0 Å². The molecule has 0 aromatic heterocycles. The summed E-state index contributed by atoms with van der Waals surface area (Å²) in [4.78, 5) is 0. The number of nitrogens with one attached hydrogen (secondary N) is 1. The first-order valence-electron chi connectivity index (χ1n) is 6.87. The molecule has 2 rings (SSSR count). The summed E-state index contributed by atoms with van der Waals surface area (Å²) < 4.78 is 5.93. The standard InChI is InChI=1S/C15H23NOS/c1-2-8-16-14(15-12-18-10-9-17-15)11-13-6-4-3-5-7-13/h3-7,14-16H,2,8-12H2,1H3. The van der Waals surface area contributed by atoms with E-state index in [1.165, 1.54) is 12.0 Å². The summed E-state index contributed by atoms with van der Waals surface area (Å²) >= 11 is 2.01. The van der Waals surface area contributed by atoms with Gasteiger partial charge < -0.3 is 10.1 Å². The molecule has 1 N–H and O–H groups in total. The van der Waals surface area contributed by atoms with E-state index >= 15 is 0 Å². The van der Waals surface area contributed by atoms with Crippen LogP contribution in [0.1, 0.15) is 18.9 Å². The molecule has 18 heavy (non-hydrogen) atoms. The monoisotopic (exact) mass is 265 g/mol. The Kier molecular flexibility index (Phi) is 6.05. The van der Waals surface area contributed by atoms with Gasteiger partial charge in [-0.05, 0) is 24.9 Å². The molecule has 2 atom stereocenters. The fourth-order valence-corrected chi connectivity index (χ4v) is 3.21. The number of rotatable bonds is 6. The van der Waals surface area contributed by atoms with E-state index in [-0.39, 0.29) is 0 Å². The maximum atomic E-state index is 5.93. The van der Waals surface area contributed by atoms with Crippen molar-refractivity contribution in [2.75, 3.05) is 24.7 Å². The number of benzene rings is 1. The lowest BCUT2D eigenvalue weighted by atomic mass is 10.0. The Balaban J connectivity index is 1.95. The Labute approximate surface area is 114 Å². The summed E-state index contributed by atoms with van der Waals surface area (Å²) in [5.74, 6) is 2.26.